The van der Waals surface area contributed by atoms with Crippen LogP contribution in [0.25, 0.3) is 10.9 Å². The summed E-state index contributed by atoms with van der Waals surface area (Å²) in [6.07, 6.45) is 6.03. The van der Waals surface area contributed by atoms with E-state index in [-0.39, 0.29) is 12.8 Å². The van der Waals surface area contributed by atoms with E-state index in [9.17, 15) is 8.42 Å². The van der Waals surface area contributed by atoms with E-state index in [4.69, 9.17) is 18.4 Å². The SMILES string of the molecule is COc1ccc2c(c1)c1c(n2COS(=O)(=O)C2CCCCC2)CN2CCc3cc(OC)c(OCc4ccccc4)cc3C2C1. The van der Waals surface area contributed by atoms with E-state index in [1.165, 1.54) is 16.7 Å². The number of hydrogen-bond donors (Lipinski definition) is 0. The molecule has 0 saturated heterocycles. The largest absolute Gasteiger partial charge is 0.497 e. The smallest absolute Gasteiger partial charge is 0.271 e. The lowest BCUT2D eigenvalue weighted by Crippen LogP contribution is -2.40. The maximum absolute atomic E-state index is 13.2. The Hall–Kier alpha value is -3.53. The second-order valence-electron chi connectivity index (χ2n) is 12.2. The van der Waals surface area contributed by atoms with Gasteiger partial charge in [-0.2, -0.15) is 8.42 Å². The van der Waals surface area contributed by atoms with Gasteiger partial charge in [0.1, 0.15) is 19.1 Å². The molecule has 1 saturated carbocycles. The molecule has 0 N–H and O–H groups in total. The minimum absolute atomic E-state index is 0.0131. The van der Waals surface area contributed by atoms with Crippen molar-refractivity contribution in [2.24, 2.45) is 0 Å². The van der Waals surface area contributed by atoms with Crippen molar-refractivity contribution in [3.63, 3.8) is 0 Å². The Bertz CT molecular complexity index is 1760. The van der Waals surface area contributed by atoms with E-state index in [0.717, 1.165) is 78.1 Å². The van der Waals surface area contributed by atoms with Crippen LogP contribution in [0.3, 0.4) is 0 Å². The Morgan fingerprint density at radius 2 is 1.73 bits per heavy atom. The van der Waals surface area contributed by atoms with Crippen LogP contribution in [-0.2, 0) is 47.0 Å². The van der Waals surface area contributed by atoms with Crippen LogP contribution in [-0.4, -0.2) is 43.9 Å². The van der Waals surface area contributed by atoms with Crippen molar-refractivity contribution < 1.29 is 26.8 Å². The minimum Gasteiger partial charge on any atom is -0.497 e. The van der Waals surface area contributed by atoms with Gasteiger partial charge in [0, 0.05) is 30.2 Å². The first-order chi connectivity index (χ1) is 21.4. The molecule has 3 aliphatic rings. The first-order valence-electron chi connectivity index (χ1n) is 15.6. The van der Waals surface area contributed by atoms with Crippen LogP contribution >= 0.6 is 0 Å². The molecule has 0 bridgehead atoms. The summed E-state index contributed by atoms with van der Waals surface area (Å²) >= 11 is 0. The van der Waals surface area contributed by atoms with Gasteiger partial charge in [0.15, 0.2) is 11.5 Å². The molecule has 0 spiro atoms. The molecule has 0 radical (unpaired) electrons. The number of hydrogen-bond acceptors (Lipinski definition) is 7. The number of benzene rings is 3. The third-order valence-electron chi connectivity index (χ3n) is 9.68. The van der Waals surface area contributed by atoms with Crippen molar-refractivity contribution in [2.45, 2.75) is 76.1 Å². The molecule has 1 aliphatic carbocycles. The van der Waals surface area contributed by atoms with Gasteiger partial charge in [0.05, 0.1) is 25.0 Å². The molecule has 44 heavy (non-hydrogen) atoms. The molecular weight excluding hydrogens is 576 g/mol. The van der Waals surface area contributed by atoms with Gasteiger partial charge in [0.25, 0.3) is 10.1 Å². The number of rotatable bonds is 9. The molecule has 8 nitrogen and oxygen atoms in total. The summed E-state index contributed by atoms with van der Waals surface area (Å²) in [5.74, 6) is 2.27. The Balaban J connectivity index is 1.22. The third-order valence-corrected chi connectivity index (χ3v) is 11.4. The van der Waals surface area contributed by atoms with E-state index >= 15 is 0 Å². The van der Waals surface area contributed by atoms with E-state index in [1.807, 2.05) is 30.3 Å². The highest BCUT2D eigenvalue weighted by molar-refractivity contribution is 7.87. The molecule has 9 heteroatoms. The number of aromatic nitrogens is 1. The van der Waals surface area contributed by atoms with Crippen LogP contribution in [0, 0.1) is 0 Å². The van der Waals surface area contributed by atoms with Gasteiger partial charge in [-0.25, -0.2) is 4.18 Å². The summed E-state index contributed by atoms with van der Waals surface area (Å²) in [5.41, 5.74) is 6.93. The summed E-state index contributed by atoms with van der Waals surface area (Å²) in [4.78, 5) is 2.50. The van der Waals surface area contributed by atoms with Crippen LogP contribution < -0.4 is 14.2 Å². The number of nitrogens with zero attached hydrogens (tertiary/aromatic N) is 2. The summed E-state index contributed by atoms with van der Waals surface area (Å²) in [5, 5.41) is 0.672. The van der Waals surface area contributed by atoms with Crippen molar-refractivity contribution in [3.8, 4) is 17.2 Å². The highest BCUT2D eigenvalue weighted by Crippen LogP contribution is 2.45. The lowest BCUT2D eigenvalue weighted by molar-refractivity contribution is 0.149. The fraction of sp³-hybridized carbons (Fsp3) is 0.429. The fourth-order valence-electron chi connectivity index (χ4n) is 7.30. The quantitative estimate of drug-likeness (QED) is 0.198. The minimum atomic E-state index is -3.65. The first-order valence-corrected chi connectivity index (χ1v) is 17.1. The van der Waals surface area contributed by atoms with Gasteiger partial charge in [-0.1, -0.05) is 49.6 Å². The summed E-state index contributed by atoms with van der Waals surface area (Å²) < 4.78 is 51.9. The Kier molecular flexibility index (Phi) is 8.03. The lowest BCUT2D eigenvalue weighted by atomic mass is 9.85. The predicted octanol–water partition coefficient (Wildman–Crippen LogP) is 6.53. The average molecular weight is 617 g/mol. The van der Waals surface area contributed by atoms with Crippen molar-refractivity contribution in [1.29, 1.82) is 0 Å². The lowest BCUT2D eigenvalue weighted by Gasteiger charge is -2.41. The first kappa shape index (κ1) is 29.2. The standard InChI is InChI=1S/C35H40N2O6S/c1-40-26-13-14-31-29(18-26)30-19-32-28-20-35(42-22-24-9-5-3-6-10-24)34(41-2)17-25(28)15-16-36(32)21-33(30)37(31)23-43-44(38,39)27-11-7-4-8-12-27/h3,5-6,9-10,13-14,17-18,20,27,32H,4,7-8,11-12,15-16,19,21-23H2,1-2H3. The molecule has 232 valence electrons. The molecule has 1 unspecified atom stereocenters. The second-order valence-corrected chi connectivity index (χ2v) is 14.0. The molecule has 2 aliphatic heterocycles. The van der Waals surface area contributed by atoms with Crippen molar-refractivity contribution >= 4 is 21.0 Å². The fourth-order valence-corrected chi connectivity index (χ4v) is 8.65. The summed E-state index contributed by atoms with van der Waals surface area (Å²) in [6.45, 7) is 2.05. The second kappa shape index (κ2) is 12.1. The number of fused-ring (bicyclic) bond motifs is 6. The highest BCUT2D eigenvalue weighted by atomic mass is 32.2. The van der Waals surface area contributed by atoms with Crippen LogP contribution in [0.15, 0.2) is 60.7 Å². The van der Waals surface area contributed by atoms with E-state index in [0.29, 0.717) is 26.0 Å². The molecule has 3 heterocycles. The zero-order chi connectivity index (χ0) is 30.3. The summed E-state index contributed by atoms with van der Waals surface area (Å²) in [7, 11) is -0.286. The van der Waals surface area contributed by atoms with Crippen LogP contribution in [0.2, 0.25) is 0 Å². The van der Waals surface area contributed by atoms with Crippen molar-refractivity contribution in [3.05, 3.63) is 88.6 Å². The van der Waals surface area contributed by atoms with E-state index in [2.05, 4.69) is 39.8 Å². The van der Waals surface area contributed by atoms with Gasteiger partial charge < -0.3 is 18.8 Å². The third kappa shape index (κ3) is 5.46. The van der Waals surface area contributed by atoms with Gasteiger partial charge in [-0.05, 0) is 78.3 Å². The maximum atomic E-state index is 13.2. The van der Waals surface area contributed by atoms with Crippen LogP contribution in [0.1, 0.15) is 66.1 Å². The Morgan fingerprint density at radius 1 is 0.909 bits per heavy atom. The topological polar surface area (TPSA) is 79.2 Å². The maximum Gasteiger partial charge on any atom is 0.271 e. The monoisotopic (exact) mass is 616 g/mol. The van der Waals surface area contributed by atoms with Gasteiger partial charge in [-0.15, -0.1) is 0 Å². The normalized spacial score (nSPS) is 18.8. The summed E-state index contributed by atoms with van der Waals surface area (Å²) in [6, 6.07) is 20.6. The van der Waals surface area contributed by atoms with Gasteiger partial charge in [-0.3, -0.25) is 4.90 Å². The van der Waals surface area contributed by atoms with Gasteiger partial charge >= 0.3 is 0 Å². The van der Waals surface area contributed by atoms with E-state index in [1.54, 1.807) is 14.2 Å². The average Bonchev–Trinajstić information content (AvgIpc) is 3.37. The molecular formula is C35H40N2O6S. The van der Waals surface area contributed by atoms with Crippen LogP contribution in [0.5, 0.6) is 17.2 Å². The molecule has 1 fully saturated rings. The number of ether oxygens (including phenoxy) is 3. The molecule has 3 aromatic carbocycles. The van der Waals surface area contributed by atoms with Crippen molar-refractivity contribution in [1.82, 2.24) is 9.47 Å². The zero-order valence-corrected chi connectivity index (χ0v) is 26.3. The van der Waals surface area contributed by atoms with Crippen molar-refractivity contribution in [2.75, 3.05) is 20.8 Å². The Morgan fingerprint density at radius 3 is 2.50 bits per heavy atom. The molecule has 4 aromatic rings. The van der Waals surface area contributed by atoms with E-state index < -0.39 is 15.4 Å². The molecule has 0 amide bonds. The molecule has 7 rings (SSSR count). The van der Waals surface area contributed by atoms with Crippen LogP contribution in [0.4, 0.5) is 0 Å². The predicted molar refractivity (Wildman–Crippen MR) is 170 cm³/mol. The van der Waals surface area contributed by atoms with Gasteiger partial charge in [0.2, 0.25) is 0 Å². The molecule has 1 aromatic heterocycles. The number of methoxy groups -OCH3 is 2. The Labute approximate surface area is 259 Å². The highest BCUT2D eigenvalue weighted by Gasteiger charge is 2.37. The molecule has 1 atom stereocenters. The zero-order valence-electron chi connectivity index (χ0n) is 25.5.